The van der Waals surface area contributed by atoms with Crippen LogP contribution >= 0.6 is 0 Å². The summed E-state index contributed by atoms with van der Waals surface area (Å²) in [6.07, 6.45) is 1.42. The SMILES string of the molecule is O=C1c2ccccc2C(=O)N1CCCc1cccc(C#Cc2ccccc2O)c1. The third-order valence-electron chi connectivity index (χ3n) is 4.90. The summed E-state index contributed by atoms with van der Waals surface area (Å²) in [5.41, 5.74) is 3.50. The van der Waals surface area contributed by atoms with E-state index in [4.69, 9.17) is 0 Å². The molecule has 1 aliphatic heterocycles. The zero-order valence-electron chi connectivity index (χ0n) is 15.8. The van der Waals surface area contributed by atoms with Crippen molar-refractivity contribution in [3.8, 4) is 17.6 Å². The van der Waals surface area contributed by atoms with Crippen LogP contribution in [0.25, 0.3) is 0 Å². The van der Waals surface area contributed by atoms with Gasteiger partial charge in [0.1, 0.15) is 5.75 Å². The van der Waals surface area contributed by atoms with Crippen LogP contribution in [0.1, 0.15) is 43.8 Å². The molecule has 2 amide bonds. The fourth-order valence-electron chi connectivity index (χ4n) is 3.41. The molecule has 4 heteroatoms. The van der Waals surface area contributed by atoms with Crippen LogP contribution in [-0.4, -0.2) is 28.4 Å². The first-order chi connectivity index (χ1) is 14.1. The van der Waals surface area contributed by atoms with E-state index in [2.05, 4.69) is 11.8 Å². The second-order valence-corrected chi connectivity index (χ2v) is 6.88. The lowest BCUT2D eigenvalue weighted by molar-refractivity contribution is 0.0652. The molecule has 29 heavy (non-hydrogen) atoms. The monoisotopic (exact) mass is 381 g/mol. The summed E-state index contributed by atoms with van der Waals surface area (Å²) in [6, 6.07) is 21.8. The van der Waals surface area contributed by atoms with Gasteiger partial charge in [0.2, 0.25) is 0 Å². The lowest BCUT2D eigenvalue weighted by Crippen LogP contribution is -2.30. The van der Waals surface area contributed by atoms with Crippen LogP contribution < -0.4 is 0 Å². The van der Waals surface area contributed by atoms with Gasteiger partial charge >= 0.3 is 0 Å². The van der Waals surface area contributed by atoms with Crippen LogP contribution in [0, 0.1) is 11.8 Å². The summed E-state index contributed by atoms with van der Waals surface area (Å²) in [4.78, 5) is 26.2. The van der Waals surface area contributed by atoms with Gasteiger partial charge in [0.15, 0.2) is 0 Å². The number of aromatic hydroxyl groups is 1. The standard InChI is InChI=1S/C25H19NO3/c27-23-13-4-1-10-20(23)15-14-19-8-5-7-18(17-19)9-6-16-26-24(28)21-11-2-3-12-22(21)25(26)29/h1-5,7-8,10-13,17,27H,6,9,16H2. The Morgan fingerprint density at radius 2 is 1.48 bits per heavy atom. The number of carbonyl (C=O) groups excluding carboxylic acids is 2. The van der Waals surface area contributed by atoms with Gasteiger partial charge in [-0.3, -0.25) is 14.5 Å². The van der Waals surface area contributed by atoms with Gasteiger partial charge in [-0.15, -0.1) is 0 Å². The molecule has 4 nitrogen and oxygen atoms in total. The smallest absolute Gasteiger partial charge is 0.261 e. The molecule has 0 aromatic heterocycles. The minimum absolute atomic E-state index is 0.164. The van der Waals surface area contributed by atoms with Crippen LogP contribution in [-0.2, 0) is 6.42 Å². The average Bonchev–Trinajstić information content (AvgIpc) is 2.99. The van der Waals surface area contributed by atoms with E-state index in [0.717, 1.165) is 17.5 Å². The van der Waals surface area contributed by atoms with Crippen LogP contribution in [0.3, 0.4) is 0 Å². The van der Waals surface area contributed by atoms with E-state index >= 15 is 0 Å². The molecule has 0 spiro atoms. The molecule has 0 atom stereocenters. The van der Waals surface area contributed by atoms with Gasteiger partial charge in [-0.1, -0.05) is 48.2 Å². The first-order valence-electron chi connectivity index (χ1n) is 9.47. The number of benzene rings is 3. The van der Waals surface area contributed by atoms with Gasteiger partial charge < -0.3 is 5.11 Å². The average molecular weight is 381 g/mol. The number of hydrogen-bond donors (Lipinski definition) is 1. The van der Waals surface area contributed by atoms with E-state index in [1.807, 2.05) is 30.3 Å². The van der Waals surface area contributed by atoms with Crippen LogP contribution in [0.15, 0.2) is 72.8 Å². The zero-order chi connectivity index (χ0) is 20.2. The highest BCUT2D eigenvalue weighted by Crippen LogP contribution is 2.23. The number of rotatable bonds is 4. The first kappa shape index (κ1) is 18.5. The van der Waals surface area contributed by atoms with Gasteiger partial charge in [0, 0.05) is 12.1 Å². The highest BCUT2D eigenvalue weighted by molar-refractivity contribution is 6.21. The third-order valence-corrected chi connectivity index (χ3v) is 4.90. The Kier molecular flexibility index (Phi) is 5.13. The van der Waals surface area contributed by atoms with Gasteiger partial charge in [0.05, 0.1) is 16.7 Å². The summed E-state index contributed by atoms with van der Waals surface area (Å²) in [7, 11) is 0. The number of nitrogens with zero attached hydrogens (tertiary/aromatic N) is 1. The highest BCUT2D eigenvalue weighted by Gasteiger charge is 2.34. The molecule has 1 aliphatic rings. The third kappa shape index (κ3) is 3.90. The van der Waals surface area contributed by atoms with E-state index in [-0.39, 0.29) is 17.6 Å². The predicted molar refractivity (Wildman–Crippen MR) is 111 cm³/mol. The van der Waals surface area contributed by atoms with Crippen molar-refractivity contribution >= 4 is 11.8 Å². The molecular weight excluding hydrogens is 362 g/mol. The molecule has 4 rings (SSSR count). The summed E-state index contributed by atoms with van der Waals surface area (Å²) in [5.74, 6) is 5.79. The van der Waals surface area contributed by atoms with E-state index in [1.54, 1.807) is 42.5 Å². The van der Waals surface area contributed by atoms with Crippen molar-refractivity contribution in [3.05, 3.63) is 101 Å². The summed E-state index contributed by atoms with van der Waals surface area (Å²) >= 11 is 0. The van der Waals surface area contributed by atoms with Crippen molar-refractivity contribution in [2.75, 3.05) is 6.54 Å². The van der Waals surface area contributed by atoms with Gasteiger partial charge in [0.25, 0.3) is 11.8 Å². The zero-order valence-corrected chi connectivity index (χ0v) is 15.8. The number of aryl methyl sites for hydroxylation is 1. The Balaban J connectivity index is 1.39. The van der Waals surface area contributed by atoms with Crippen LogP contribution in [0.5, 0.6) is 5.75 Å². The lowest BCUT2D eigenvalue weighted by Gasteiger charge is -2.13. The second kappa shape index (κ2) is 8.04. The number of carbonyl (C=O) groups is 2. The Labute approximate surface area is 169 Å². The molecule has 0 aliphatic carbocycles. The molecular formula is C25H19NO3. The Morgan fingerprint density at radius 3 is 2.21 bits per heavy atom. The number of imide groups is 1. The summed E-state index contributed by atoms with van der Waals surface area (Å²) in [6.45, 7) is 0.389. The van der Waals surface area contributed by atoms with Gasteiger partial charge in [-0.05, 0) is 54.8 Å². The number of hydrogen-bond acceptors (Lipinski definition) is 3. The van der Waals surface area contributed by atoms with Gasteiger partial charge in [-0.25, -0.2) is 0 Å². The number of phenols is 1. The molecule has 3 aromatic rings. The molecule has 1 N–H and O–H groups in total. The van der Waals surface area contributed by atoms with E-state index in [0.29, 0.717) is 29.7 Å². The van der Waals surface area contributed by atoms with Crippen molar-refractivity contribution in [1.82, 2.24) is 4.90 Å². The molecule has 0 bridgehead atoms. The quantitative estimate of drug-likeness (QED) is 0.549. The summed E-state index contributed by atoms with van der Waals surface area (Å²) < 4.78 is 0. The van der Waals surface area contributed by atoms with E-state index in [9.17, 15) is 14.7 Å². The van der Waals surface area contributed by atoms with Crippen molar-refractivity contribution in [2.24, 2.45) is 0 Å². The molecule has 3 aromatic carbocycles. The van der Waals surface area contributed by atoms with Crippen molar-refractivity contribution < 1.29 is 14.7 Å². The second-order valence-electron chi connectivity index (χ2n) is 6.88. The van der Waals surface area contributed by atoms with E-state index in [1.165, 1.54) is 4.90 Å². The maximum absolute atomic E-state index is 12.4. The maximum Gasteiger partial charge on any atom is 0.261 e. The molecule has 0 saturated heterocycles. The molecule has 0 radical (unpaired) electrons. The maximum atomic E-state index is 12.4. The normalized spacial score (nSPS) is 12.5. The molecule has 0 saturated carbocycles. The largest absolute Gasteiger partial charge is 0.507 e. The minimum atomic E-state index is -0.215. The molecule has 0 fully saturated rings. The van der Waals surface area contributed by atoms with Crippen molar-refractivity contribution in [3.63, 3.8) is 0 Å². The Morgan fingerprint density at radius 1 is 0.793 bits per heavy atom. The number of amides is 2. The summed E-state index contributed by atoms with van der Waals surface area (Å²) in [5, 5.41) is 9.81. The fraction of sp³-hybridized carbons (Fsp3) is 0.120. The topological polar surface area (TPSA) is 57.6 Å². The number of para-hydroxylation sites is 1. The first-order valence-corrected chi connectivity index (χ1v) is 9.47. The Hall–Kier alpha value is -3.84. The van der Waals surface area contributed by atoms with Gasteiger partial charge in [-0.2, -0.15) is 0 Å². The minimum Gasteiger partial charge on any atom is -0.507 e. The van der Waals surface area contributed by atoms with Crippen molar-refractivity contribution in [1.29, 1.82) is 0 Å². The fourth-order valence-corrected chi connectivity index (χ4v) is 3.41. The number of phenolic OH excluding ortho intramolecular Hbond substituents is 1. The van der Waals surface area contributed by atoms with Crippen molar-refractivity contribution in [2.45, 2.75) is 12.8 Å². The molecule has 1 heterocycles. The Bertz CT molecular complexity index is 1120. The highest BCUT2D eigenvalue weighted by atomic mass is 16.3. The lowest BCUT2D eigenvalue weighted by atomic mass is 10.1. The van der Waals surface area contributed by atoms with Crippen LogP contribution in [0.2, 0.25) is 0 Å². The van der Waals surface area contributed by atoms with Crippen LogP contribution in [0.4, 0.5) is 0 Å². The molecule has 0 unspecified atom stereocenters. The molecule has 142 valence electrons. The number of fused-ring (bicyclic) bond motifs is 1. The van der Waals surface area contributed by atoms with E-state index < -0.39 is 0 Å². The predicted octanol–water partition coefficient (Wildman–Crippen LogP) is 4.02.